The van der Waals surface area contributed by atoms with Crippen molar-refractivity contribution in [2.45, 2.75) is 6.54 Å². The van der Waals surface area contributed by atoms with Crippen molar-refractivity contribution in [1.82, 2.24) is 5.01 Å². The van der Waals surface area contributed by atoms with Gasteiger partial charge in [-0.1, -0.05) is 30.3 Å². The molecule has 0 saturated heterocycles. The predicted molar refractivity (Wildman–Crippen MR) is 42.2 cm³/mol. The number of amides is 1. The molecule has 1 amide bonds. The van der Waals surface area contributed by atoms with E-state index in [4.69, 9.17) is 5.84 Å². The minimum atomic E-state index is 0.463. The highest BCUT2D eigenvalue weighted by molar-refractivity contribution is 5.46. The van der Waals surface area contributed by atoms with E-state index in [0.717, 1.165) is 10.6 Å². The molecule has 3 heteroatoms. The fourth-order valence-corrected chi connectivity index (χ4v) is 0.832. The highest BCUT2D eigenvalue weighted by Gasteiger charge is 1.94. The molecule has 0 aliphatic carbocycles. The maximum atomic E-state index is 10.1. The van der Waals surface area contributed by atoms with Crippen LogP contribution in [0.15, 0.2) is 30.3 Å². The van der Waals surface area contributed by atoms with Crippen LogP contribution < -0.4 is 5.84 Å². The zero-order chi connectivity index (χ0) is 8.10. The van der Waals surface area contributed by atoms with Gasteiger partial charge in [0.2, 0.25) is 6.41 Å². The smallest absolute Gasteiger partial charge is 0.223 e. The number of hydrogen-bond donors (Lipinski definition) is 1. The van der Waals surface area contributed by atoms with Crippen molar-refractivity contribution in [1.29, 1.82) is 0 Å². The molecule has 0 fully saturated rings. The number of rotatable bonds is 3. The number of nitrogens with zero attached hydrogens (tertiary/aromatic N) is 1. The molecule has 0 radical (unpaired) electrons. The Morgan fingerprint density at radius 3 is 2.55 bits per heavy atom. The summed E-state index contributed by atoms with van der Waals surface area (Å²) >= 11 is 0. The lowest BCUT2D eigenvalue weighted by Gasteiger charge is -2.08. The van der Waals surface area contributed by atoms with Gasteiger partial charge in [-0.25, -0.2) is 5.84 Å². The third kappa shape index (κ3) is 2.39. The maximum Gasteiger partial charge on any atom is 0.223 e. The van der Waals surface area contributed by atoms with Gasteiger partial charge >= 0.3 is 0 Å². The molecule has 1 rings (SSSR count). The zero-order valence-corrected chi connectivity index (χ0v) is 6.10. The molecule has 58 valence electrons. The molecule has 0 atom stereocenters. The molecule has 11 heavy (non-hydrogen) atoms. The summed E-state index contributed by atoms with van der Waals surface area (Å²) in [5, 5.41) is 1.11. The first-order valence-corrected chi connectivity index (χ1v) is 3.33. The topological polar surface area (TPSA) is 46.3 Å². The Bertz CT molecular complexity index is 223. The van der Waals surface area contributed by atoms with E-state index in [2.05, 4.69) is 0 Å². The molecule has 0 heterocycles. The first-order valence-electron chi connectivity index (χ1n) is 3.33. The van der Waals surface area contributed by atoms with Crippen LogP contribution in [0.5, 0.6) is 0 Å². The highest BCUT2D eigenvalue weighted by atomic mass is 16.1. The van der Waals surface area contributed by atoms with Crippen molar-refractivity contribution in [3.05, 3.63) is 35.9 Å². The average Bonchev–Trinajstić information content (AvgIpc) is 2.06. The quantitative estimate of drug-likeness (QED) is 0.295. The van der Waals surface area contributed by atoms with Crippen LogP contribution in [0.25, 0.3) is 0 Å². The van der Waals surface area contributed by atoms with Gasteiger partial charge in [-0.2, -0.15) is 0 Å². The Hall–Kier alpha value is -1.35. The Kier molecular flexibility index (Phi) is 2.63. The second kappa shape index (κ2) is 3.73. The molecule has 0 bridgehead atoms. The van der Waals surface area contributed by atoms with Crippen molar-refractivity contribution in [3.8, 4) is 0 Å². The molecule has 0 saturated carbocycles. The lowest BCUT2D eigenvalue weighted by atomic mass is 10.2. The standard InChI is InChI=1S/C8H10N2O/c9-10(7-11)6-8-4-2-1-3-5-8/h1-5,7H,6,9H2. The van der Waals surface area contributed by atoms with Crippen LogP contribution in [0.2, 0.25) is 0 Å². The molecule has 0 unspecified atom stereocenters. The first-order chi connectivity index (χ1) is 5.33. The molecular weight excluding hydrogens is 140 g/mol. The Morgan fingerprint density at radius 1 is 1.36 bits per heavy atom. The van der Waals surface area contributed by atoms with E-state index >= 15 is 0 Å². The SMILES string of the molecule is NN(C=O)Cc1ccccc1. The molecule has 2 N–H and O–H groups in total. The van der Waals surface area contributed by atoms with Gasteiger partial charge in [0.25, 0.3) is 0 Å². The summed E-state index contributed by atoms with van der Waals surface area (Å²) in [7, 11) is 0. The monoisotopic (exact) mass is 150 g/mol. The van der Waals surface area contributed by atoms with E-state index in [1.54, 1.807) is 0 Å². The van der Waals surface area contributed by atoms with Crippen LogP contribution in [0.4, 0.5) is 0 Å². The van der Waals surface area contributed by atoms with Crippen LogP contribution in [0, 0.1) is 0 Å². The maximum absolute atomic E-state index is 10.1. The van der Waals surface area contributed by atoms with Crippen LogP contribution in [-0.4, -0.2) is 11.4 Å². The lowest BCUT2D eigenvalue weighted by molar-refractivity contribution is -0.118. The van der Waals surface area contributed by atoms with Gasteiger partial charge in [0.05, 0.1) is 6.54 Å². The van der Waals surface area contributed by atoms with Crippen molar-refractivity contribution in [2.24, 2.45) is 5.84 Å². The first kappa shape index (κ1) is 7.75. The molecule has 3 nitrogen and oxygen atoms in total. The fraction of sp³-hybridized carbons (Fsp3) is 0.125. The van der Waals surface area contributed by atoms with E-state index in [-0.39, 0.29) is 0 Å². The van der Waals surface area contributed by atoms with Crippen LogP contribution in [0.3, 0.4) is 0 Å². The number of benzene rings is 1. The second-order valence-electron chi connectivity index (χ2n) is 2.26. The molecule has 0 aromatic heterocycles. The predicted octanol–water partition coefficient (Wildman–Crippen LogP) is 0.519. The summed E-state index contributed by atoms with van der Waals surface area (Å²) in [6.45, 7) is 0.463. The van der Waals surface area contributed by atoms with Gasteiger partial charge < -0.3 is 0 Å². The Balaban J connectivity index is 2.57. The van der Waals surface area contributed by atoms with E-state index in [1.165, 1.54) is 0 Å². The van der Waals surface area contributed by atoms with Gasteiger partial charge in [0.1, 0.15) is 0 Å². The Labute approximate surface area is 65.4 Å². The Morgan fingerprint density at radius 2 is 2.00 bits per heavy atom. The number of hydrogen-bond acceptors (Lipinski definition) is 2. The summed E-state index contributed by atoms with van der Waals surface area (Å²) in [5.74, 6) is 5.27. The minimum Gasteiger partial charge on any atom is -0.279 e. The third-order valence-corrected chi connectivity index (χ3v) is 1.34. The number of carbonyl (C=O) groups excluding carboxylic acids is 1. The summed E-state index contributed by atoms with van der Waals surface area (Å²) in [6, 6.07) is 9.58. The zero-order valence-electron chi connectivity index (χ0n) is 6.10. The number of nitrogens with two attached hydrogens (primary N) is 1. The van der Waals surface area contributed by atoms with Crippen LogP contribution >= 0.6 is 0 Å². The molecule has 0 spiro atoms. The minimum absolute atomic E-state index is 0.463. The van der Waals surface area contributed by atoms with Crippen LogP contribution in [0.1, 0.15) is 5.56 Å². The molecule has 1 aromatic rings. The van der Waals surface area contributed by atoms with E-state index < -0.39 is 0 Å². The van der Waals surface area contributed by atoms with Gasteiger partial charge in [-0.3, -0.25) is 9.80 Å². The molecular formula is C8H10N2O. The average molecular weight is 150 g/mol. The molecule has 1 aromatic carbocycles. The summed E-state index contributed by atoms with van der Waals surface area (Å²) in [5.41, 5.74) is 1.03. The lowest BCUT2D eigenvalue weighted by Crippen LogP contribution is -2.28. The normalized spacial score (nSPS) is 9.18. The summed E-state index contributed by atoms with van der Waals surface area (Å²) in [6.07, 6.45) is 0.604. The second-order valence-corrected chi connectivity index (χ2v) is 2.26. The van der Waals surface area contributed by atoms with Crippen molar-refractivity contribution in [2.75, 3.05) is 0 Å². The fourth-order valence-electron chi connectivity index (χ4n) is 0.832. The van der Waals surface area contributed by atoms with Crippen molar-refractivity contribution in [3.63, 3.8) is 0 Å². The summed E-state index contributed by atoms with van der Waals surface area (Å²) < 4.78 is 0. The van der Waals surface area contributed by atoms with Gasteiger partial charge in [-0.05, 0) is 5.56 Å². The van der Waals surface area contributed by atoms with Gasteiger partial charge in [0, 0.05) is 0 Å². The van der Waals surface area contributed by atoms with E-state index in [0.29, 0.717) is 13.0 Å². The summed E-state index contributed by atoms with van der Waals surface area (Å²) in [4.78, 5) is 10.1. The highest BCUT2D eigenvalue weighted by Crippen LogP contribution is 1.98. The van der Waals surface area contributed by atoms with Crippen LogP contribution in [-0.2, 0) is 11.3 Å². The van der Waals surface area contributed by atoms with Gasteiger partial charge in [0.15, 0.2) is 0 Å². The largest absolute Gasteiger partial charge is 0.279 e. The van der Waals surface area contributed by atoms with E-state index in [1.807, 2.05) is 30.3 Å². The van der Waals surface area contributed by atoms with Crippen molar-refractivity contribution >= 4 is 6.41 Å². The third-order valence-electron chi connectivity index (χ3n) is 1.34. The van der Waals surface area contributed by atoms with Crippen molar-refractivity contribution < 1.29 is 4.79 Å². The molecule has 0 aliphatic rings. The number of hydrazine groups is 1. The molecule has 0 aliphatic heterocycles. The van der Waals surface area contributed by atoms with Gasteiger partial charge in [-0.15, -0.1) is 0 Å². The number of carbonyl (C=O) groups is 1. The van der Waals surface area contributed by atoms with E-state index in [9.17, 15) is 4.79 Å².